The third-order valence-electron chi connectivity index (χ3n) is 2.10. The van der Waals surface area contributed by atoms with Crippen LogP contribution in [-0.2, 0) is 0 Å². The molecule has 1 heterocycles. The van der Waals surface area contributed by atoms with Crippen molar-refractivity contribution >= 4 is 11.6 Å². The van der Waals surface area contributed by atoms with E-state index in [2.05, 4.69) is 5.32 Å². The van der Waals surface area contributed by atoms with Crippen molar-refractivity contribution in [2.45, 2.75) is 12.8 Å². The molecule has 0 aromatic carbocycles. The third kappa shape index (κ3) is 1.16. The Labute approximate surface area is 75.6 Å². The second kappa shape index (κ2) is 2.94. The van der Waals surface area contributed by atoms with Gasteiger partial charge < -0.3 is 5.32 Å². The summed E-state index contributed by atoms with van der Waals surface area (Å²) in [6, 6.07) is 0. The minimum atomic E-state index is -0.221. The van der Waals surface area contributed by atoms with Gasteiger partial charge in [0.25, 0.3) is 0 Å². The Bertz CT molecular complexity index is 302. The van der Waals surface area contributed by atoms with Gasteiger partial charge in [-0.05, 0) is 18.1 Å². The van der Waals surface area contributed by atoms with Crippen molar-refractivity contribution in [1.29, 1.82) is 0 Å². The van der Waals surface area contributed by atoms with Crippen LogP contribution < -0.4 is 5.32 Å². The van der Waals surface area contributed by atoms with Gasteiger partial charge in [-0.25, -0.2) is 4.39 Å². The minimum Gasteiger partial charge on any atom is -0.384 e. The molecule has 1 nitrogen and oxygen atoms in total. The summed E-state index contributed by atoms with van der Waals surface area (Å²) in [5, 5.41) is 3.46. The number of rotatable bonds is 0. The molecule has 64 valence electrons. The van der Waals surface area contributed by atoms with E-state index >= 15 is 0 Å². The van der Waals surface area contributed by atoms with Crippen LogP contribution in [0.3, 0.4) is 0 Å². The zero-order chi connectivity index (χ0) is 8.55. The van der Waals surface area contributed by atoms with Gasteiger partial charge in [0, 0.05) is 18.7 Å². The maximum absolute atomic E-state index is 13.1. The molecule has 0 saturated carbocycles. The Morgan fingerprint density at radius 1 is 1.50 bits per heavy atom. The van der Waals surface area contributed by atoms with Crippen LogP contribution in [0.25, 0.3) is 0 Å². The maximum atomic E-state index is 13.1. The predicted octanol–water partition coefficient (Wildman–Crippen LogP) is 2.61. The highest BCUT2D eigenvalue weighted by Crippen LogP contribution is 2.32. The van der Waals surface area contributed by atoms with Gasteiger partial charge >= 0.3 is 0 Å². The van der Waals surface area contributed by atoms with Crippen molar-refractivity contribution in [2.75, 3.05) is 6.54 Å². The van der Waals surface area contributed by atoms with E-state index in [0.29, 0.717) is 11.5 Å². The molecular formula is C9H9ClFN. The highest BCUT2D eigenvalue weighted by atomic mass is 35.5. The smallest absolute Gasteiger partial charge is 0.123 e. The summed E-state index contributed by atoms with van der Waals surface area (Å²) >= 11 is 5.84. The summed E-state index contributed by atoms with van der Waals surface area (Å²) in [4.78, 5) is 0. The molecular weight excluding hydrogens is 177 g/mol. The molecule has 0 bridgehead atoms. The molecule has 0 aromatic heterocycles. The van der Waals surface area contributed by atoms with Crippen LogP contribution in [-0.4, -0.2) is 6.54 Å². The topological polar surface area (TPSA) is 12.0 Å². The number of nitrogens with one attached hydrogen (secondary N) is 1. The Kier molecular flexibility index (Phi) is 1.93. The maximum Gasteiger partial charge on any atom is 0.123 e. The lowest BCUT2D eigenvalue weighted by molar-refractivity contribution is 0.613. The highest BCUT2D eigenvalue weighted by Gasteiger charge is 2.19. The van der Waals surface area contributed by atoms with Crippen LogP contribution in [0.1, 0.15) is 12.8 Å². The van der Waals surface area contributed by atoms with Gasteiger partial charge in [-0.15, -0.1) is 0 Å². The first-order valence-electron chi connectivity index (χ1n) is 3.97. The van der Waals surface area contributed by atoms with E-state index in [9.17, 15) is 4.39 Å². The van der Waals surface area contributed by atoms with Gasteiger partial charge in [0.1, 0.15) is 5.83 Å². The molecule has 0 spiro atoms. The lowest BCUT2D eigenvalue weighted by Gasteiger charge is -1.99. The van der Waals surface area contributed by atoms with E-state index in [1.165, 1.54) is 0 Å². The van der Waals surface area contributed by atoms with Crippen LogP contribution in [0.2, 0.25) is 0 Å². The summed E-state index contributed by atoms with van der Waals surface area (Å²) < 4.78 is 13.1. The molecule has 0 aromatic rings. The molecule has 1 aliphatic heterocycles. The Hall–Kier alpha value is -0.760. The number of allylic oxidation sites excluding steroid dienone is 4. The van der Waals surface area contributed by atoms with E-state index in [4.69, 9.17) is 11.6 Å². The second-order valence-electron chi connectivity index (χ2n) is 2.89. The minimum absolute atomic E-state index is 0.221. The van der Waals surface area contributed by atoms with Crippen LogP contribution in [0, 0.1) is 0 Å². The van der Waals surface area contributed by atoms with Crippen LogP contribution in [0.15, 0.2) is 34.3 Å². The van der Waals surface area contributed by atoms with E-state index in [1.807, 2.05) is 6.08 Å². The quantitative estimate of drug-likeness (QED) is 0.612. The monoisotopic (exact) mass is 185 g/mol. The van der Waals surface area contributed by atoms with Crippen LogP contribution in [0.5, 0.6) is 0 Å². The first kappa shape index (κ1) is 7.87. The van der Waals surface area contributed by atoms with E-state index in [-0.39, 0.29) is 5.83 Å². The standard InChI is InChI=1S/C9H9ClFN/c10-9-6-4-5-12-8(6)3-1-2-7(9)11/h1,3,12H,2,4-5H2. The molecule has 0 radical (unpaired) electrons. The van der Waals surface area contributed by atoms with Crippen molar-refractivity contribution in [1.82, 2.24) is 5.32 Å². The van der Waals surface area contributed by atoms with Crippen molar-refractivity contribution in [3.8, 4) is 0 Å². The Morgan fingerprint density at radius 2 is 2.33 bits per heavy atom. The van der Waals surface area contributed by atoms with Crippen LogP contribution >= 0.6 is 11.6 Å². The molecule has 0 fully saturated rings. The van der Waals surface area contributed by atoms with Gasteiger partial charge in [0.15, 0.2) is 0 Å². The second-order valence-corrected chi connectivity index (χ2v) is 3.27. The molecule has 0 amide bonds. The average molecular weight is 186 g/mol. The number of hydrogen-bond acceptors (Lipinski definition) is 1. The van der Waals surface area contributed by atoms with Crippen LogP contribution in [0.4, 0.5) is 4.39 Å². The largest absolute Gasteiger partial charge is 0.384 e. The first-order valence-corrected chi connectivity index (χ1v) is 4.35. The van der Waals surface area contributed by atoms with Gasteiger partial charge in [0.2, 0.25) is 0 Å². The Morgan fingerprint density at radius 3 is 3.17 bits per heavy atom. The normalized spacial score (nSPS) is 22.5. The Balaban J connectivity index is 2.46. The van der Waals surface area contributed by atoms with Gasteiger partial charge in [-0.3, -0.25) is 0 Å². The SMILES string of the molecule is FC1=C(Cl)C2=C(C=CC1)NCC2. The summed E-state index contributed by atoms with van der Waals surface area (Å²) in [5.74, 6) is -0.221. The number of hydrogen-bond donors (Lipinski definition) is 1. The van der Waals surface area contributed by atoms with Gasteiger partial charge in [-0.2, -0.15) is 0 Å². The highest BCUT2D eigenvalue weighted by molar-refractivity contribution is 6.32. The molecule has 1 aliphatic carbocycles. The first-order chi connectivity index (χ1) is 5.79. The molecule has 0 saturated heterocycles. The summed E-state index contributed by atoms with van der Waals surface area (Å²) in [6.07, 6.45) is 4.83. The average Bonchev–Trinajstić information content (AvgIpc) is 2.46. The summed E-state index contributed by atoms with van der Waals surface area (Å²) in [7, 11) is 0. The fourth-order valence-corrected chi connectivity index (χ4v) is 1.76. The lowest BCUT2D eigenvalue weighted by Crippen LogP contribution is -2.04. The predicted molar refractivity (Wildman–Crippen MR) is 47.4 cm³/mol. The summed E-state index contributed by atoms with van der Waals surface area (Å²) in [5.41, 5.74) is 1.90. The fraction of sp³-hybridized carbons (Fsp3) is 0.333. The molecule has 0 unspecified atom stereocenters. The van der Waals surface area contributed by atoms with Gasteiger partial charge in [-0.1, -0.05) is 17.7 Å². The fourth-order valence-electron chi connectivity index (χ4n) is 1.48. The zero-order valence-electron chi connectivity index (χ0n) is 6.53. The van der Waals surface area contributed by atoms with Crippen molar-refractivity contribution in [2.24, 2.45) is 0 Å². The molecule has 12 heavy (non-hydrogen) atoms. The molecule has 0 atom stereocenters. The van der Waals surface area contributed by atoms with Crippen molar-refractivity contribution in [3.05, 3.63) is 34.3 Å². The van der Waals surface area contributed by atoms with E-state index < -0.39 is 0 Å². The summed E-state index contributed by atoms with van der Waals surface area (Å²) in [6.45, 7) is 0.860. The van der Waals surface area contributed by atoms with E-state index in [1.54, 1.807) is 6.08 Å². The molecule has 2 rings (SSSR count). The van der Waals surface area contributed by atoms with E-state index in [0.717, 1.165) is 24.2 Å². The number of halogens is 2. The zero-order valence-corrected chi connectivity index (χ0v) is 7.29. The van der Waals surface area contributed by atoms with Crippen molar-refractivity contribution in [3.63, 3.8) is 0 Å². The van der Waals surface area contributed by atoms with Gasteiger partial charge in [0.05, 0.1) is 5.03 Å². The third-order valence-corrected chi connectivity index (χ3v) is 2.53. The van der Waals surface area contributed by atoms with Crippen molar-refractivity contribution < 1.29 is 4.39 Å². The molecule has 1 N–H and O–H groups in total. The lowest BCUT2D eigenvalue weighted by atomic mass is 10.2. The molecule has 3 heteroatoms. The molecule has 2 aliphatic rings.